The van der Waals surface area contributed by atoms with E-state index in [1.165, 1.54) is 11.3 Å². The van der Waals surface area contributed by atoms with E-state index in [-0.39, 0.29) is 4.90 Å². The topological polar surface area (TPSA) is 55.4 Å². The minimum absolute atomic E-state index is 0.217. The maximum Gasteiger partial charge on any atom is 0.241 e. The summed E-state index contributed by atoms with van der Waals surface area (Å²) in [5.74, 6) is 0.653. The second-order valence-corrected chi connectivity index (χ2v) is 8.58. The molecule has 0 saturated heterocycles. The number of thiophene rings is 1. The van der Waals surface area contributed by atoms with Gasteiger partial charge in [-0.1, -0.05) is 35.9 Å². The van der Waals surface area contributed by atoms with Gasteiger partial charge in [0.1, 0.15) is 5.75 Å². The Hall–Kier alpha value is -2.15. The fraction of sp³-hybridized carbons (Fsp3) is 0.200. The van der Waals surface area contributed by atoms with Crippen molar-refractivity contribution < 1.29 is 13.2 Å². The van der Waals surface area contributed by atoms with Crippen molar-refractivity contribution >= 4 is 21.4 Å². The molecule has 0 aliphatic rings. The molecule has 1 aromatic heterocycles. The summed E-state index contributed by atoms with van der Waals surface area (Å²) in [6.45, 7) is 4.44. The molecule has 1 heterocycles. The zero-order chi connectivity index (χ0) is 18.6. The van der Waals surface area contributed by atoms with Gasteiger partial charge in [-0.2, -0.15) is 4.72 Å². The fourth-order valence-electron chi connectivity index (χ4n) is 2.61. The van der Waals surface area contributed by atoms with Crippen LogP contribution in [0.3, 0.4) is 0 Å². The smallest absolute Gasteiger partial charge is 0.241 e. The molecule has 6 heteroatoms. The highest BCUT2D eigenvalue weighted by atomic mass is 32.2. The molecule has 2 aromatic carbocycles. The Morgan fingerprint density at radius 3 is 2.31 bits per heavy atom. The van der Waals surface area contributed by atoms with Crippen molar-refractivity contribution in [1.29, 1.82) is 0 Å². The van der Waals surface area contributed by atoms with Gasteiger partial charge in [0.15, 0.2) is 0 Å². The maximum atomic E-state index is 12.9. The van der Waals surface area contributed by atoms with Gasteiger partial charge >= 0.3 is 0 Å². The van der Waals surface area contributed by atoms with E-state index in [2.05, 4.69) is 4.72 Å². The van der Waals surface area contributed by atoms with Crippen LogP contribution in [0.5, 0.6) is 5.75 Å². The first-order valence-electron chi connectivity index (χ1n) is 8.35. The van der Waals surface area contributed by atoms with Crippen LogP contribution in [0.15, 0.2) is 70.9 Å². The Balaban J connectivity index is 1.91. The lowest BCUT2D eigenvalue weighted by Crippen LogP contribution is -2.29. The van der Waals surface area contributed by atoms with Gasteiger partial charge < -0.3 is 4.74 Å². The largest absolute Gasteiger partial charge is 0.494 e. The molecule has 0 aliphatic heterocycles. The van der Waals surface area contributed by atoms with Crippen LogP contribution < -0.4 is 9.46 Å². The third kappa shape index (κ3) is 4.33. The molecule has 0 bridgehead atoms. The second kappa shape index (κ2) is 8.03. The summed E-state index contributed by atoms with van der Waals surface area (Å²) in [4.78, 5) is 1.16. The van der Waals surface area contributed by atoms with E-state index in [4.69, 9.17) is 4.74 Å². The summed E-state index contributed by atoms with van der Waals surface area (Å²) >= 11 is 1.53. The van der Waals surface area contributed by atoms with Gasteiger partial charge in [-0.25, -0.2) is 8.42 Å². The number of benzene rings is 2. The maximum absolute atomic E-state index is 12.9. The minimum Gasteiger partial charge on any atom is -0.494 e. The zero-order valence-corrected chi connectivity index (χ0v) is 16.3. The van der Waals surface area contributed by atoms with Crippen LogP contribution in [0.25, 0.3) is 0 Å². The van der Waals surface area contributed by atoms with Gasteiger partial charge in [-0.3, -0.25) is 0 Å². The highest BCUT2D eigenvalue weighted by Gasteiger charge is 2.23. The molecule has 0 unspecified atom stereocenters. The zero-order valence-electron chi connectivity index (χ0n) is 14.7. The normalized spacial score (nSPS) is 12.7. The van der Waals surface area contributed by atoms with Gasteiger partial charge in [-0.15, -0.1) is 11.3 Å². The van der Waals surface area contributed by atoms with Crippen molar-refractivity contribution in [1.82, 2.24) is 4.72 Å². The molecule has 0 aliphatic carbocycles. The average molecular weight is 388 g/mol. The monoisotopic (exact) mass is 387 g/mol. The Bertz CT molecular complexity index is 932. The van der Waals surface area contributed by atoms with E-state index in [0.717, 1.165) is 16.0 Å². The summed E-state index contributed by atoms with van der Waals surface area (Å²) < 4.78 is 34.0. The molecule has 4 nitrogen and oxygen atoms in total. The molecule has 136 valence electrons. The SMILES string of the molecule is CCOc1ccc(S(=O)(=O)N[C@H](c2ccc(C)cc2)c2cccs2)cc1. The number of aryl methyl sites for hydroxylation is 1. The Morgan fingerprint density at radius 2 is 1.73 bits per heavy atom. The summed E-state index contributed by atoms with van der Waals surface area (Å²) in [7, 11) is -3.67. The molecule has 0 radical (unpaired) electrons. The molecule has 1 N–H and O–H groups in total. The Morgan fingerprint density at radius 1 is 1.04 bits per heavy atom. The van der Waals surface area contributed by atoms with Gasteiger partial charge in [0.25, 0.3) is 0 Å². The van der Waals surface area contributed by atoms with Crippen molar-refractivity contribution in [3.05, 3.63) is 82.0 Å². The van der Waals surface area contributed by atoms with E-state index in [1.807, 2.05) is 55.6 Å². The number of ether oxygens (including phenoxy) is 1. The van der Waals surface area contributed by atoms with Gasteiger partial charge in [0.2, 0.25) is 10.0 Å². The molecule has 26 heavy (non-hydrogen) atoms. The first-order chi connectivity index (χ1) is 12.5. The predicted molar refractivity (Wildman–Crippen MR) is 105 cm³/mol. The Labute approximate surface area is 158 Å². The average Bonchev–Trinajstić information content (AvgIpc) is 3.16. The van der Waals surface area contributed by atoms with Crippen molar-refractivity contribution in [2.45, 2.75) is 24.8 Å². The van der Waals surface area contributed by atoms with Crippen LogP contribution >= 0.6 is 11.3 Å². The molecule has 1 atom stereocenters. The third-order valence-electron chi connectivity index (χ3n) is 3.96. The third-order valence-corrected chi connectivity index (χ3v) is 6.33. The summed E-state index contributed by atoms with van der Waals surface area (Å²) in [6.07, 6.45) is 0. The Kier molecular flexibility index (Phi) is 5.76. The fourth-order valence-corrected chi connectivity index (χ4v) is 4.69. The second-order valence-electron chi connectivity index (χ2n) is 5.88. The quantitative estimate of drug-likeness (QED) is 0.648. The number of rotatable bonds is 7. The van der Waals surface area contributed by atoms with Crippen molar-refractivity contribution in [3.8, 4) is 5.75 Å². The van der Waals surface area contributed by atoms with Crippen LogP contribution in [0.2, 0.25) is 0 Å². The predicted octanol–water partition coefficient (Wildman–Crippen LogP) is 4.52. The van der Waals surface area contributed by atoms with Crippen LogP contribution in [0.4, 0.5) is 0 Å². The van der Waals surface area contributed by atoms with Crippen molar-refractivity contribution in [3.63, 3.8) is 0 Å². The molecule has 3 aromatic rings. The number of nitrogens with one attached hydrogen (secondary N) is 1. The highest BCUT2D eigenvalue weighted by Crippen LogP contribution is 2.28. The van der Waals surface area contributed by atoms with E-state index in [0.29, 0.717) is 12.4 Å². The summed E-state index contributed by atoms with van der Waals surface area (Å²) in [5.41, 5.74) is 2.04. The van der Waals surface area contributed by atoms with E-state index >= 15 is 0 Å². The van der Waals surface area contributed by atoms with Crippen molar-refractivity contribution in [2.75, 3.05) is 6.61 Å². The molecule has 0 saturated carbocycles. The number of sulfonamides is 1. The minimum atomic E-state index is -3.67. The molecule has 0 amide bonds. The molecular weight excluding hydrogens is 366 g/mol. The van der Waals surface area contributed by atoms with Crippen LogP contribution in [-0.2, 0) is 10.0 Å². The van der Waals surface area contributed by atoms with Gasteiger partial charge in [-0.05, 0) is 55.1 Å². The number of hydrogen-bond donors (Lipinski definition) is 1. The lowest BCUT2D eigenvalue weighted by Gasteiger charge is -2.18. The van der Waals surface area contributed by atoms with Crippen LogP contribution in [0.1, 0.15) is 29.0 Å². The van der Waals surface area contributed by atoms with E-state index in [9.17, 15) is 8.42 Å². The lowest BCUT2D eigenvalue weighted by molar-refractivity contribution is 0.340. The first-order valence-corrected chi connectivity index (χ1v) is 10.7. The van der Waals surface area contributed by atoms with E-state index in [1.54, 1.807) is 24.3 Å². The lowest BCUT2D eigenvalue weighted by atomic mass is 10.0. The highest BCUT2D eigenvalue weighted by molar-refractivity contribution is 7.89. The van der Waals surface area contributed by atoms with E-state index < -0.39 is 16.1 Å². The van der Waals surface area contributed by atoms with Crippen LogP contribution in [0, 0.1) is 6.92 Å². The summed E-state index contributed by atoms with van der Waals surface area (Å²) in [5, 5.41) is 1.95. The van der Waals surface area contributed by atoms with Crippen molar-refractivity contribution in [2.24, 2.45) is 0 Å². The molecule has 0 fully saturated rings. The molecule has 0 spiro atoms. The van der Waals surface area contributed by atoms with Crippen LogP contribution in [-0.4, -0.2) is 15.0 Å². The first kappa shape index (κ1) is 18.6. The van der Waals surface area contributed by atoms with Gasteiger partial charge in [0.05, 0.1) is 17.5 Å². The molecule has 3 rings (SSSR count). The number of hydrogen-bond acceptors (Lipinski definition) is 4. The van der Waals surface area contributed by atoms with Gasteiger partial charge in [0, 0.05) is 4.88 Å². The summed E-state index contributed by atoms with van der Waals surface area (Å²) in [6, 6.07) is 17.8. The standard InChI is InChI=1S/C20H21NO3S2/c1-3-24-17-10-12-18(13-11-17)26(22,23)21-20(19-5-4-14-25-19)16-8-6-15(2)7-9-16/h4-14,20-21H,3H2,1-2H3/t20-/m1/s1. The molecular formula is C20H21NO3S2.